The van der Waals surface area contributed by atoms with Gasteiger partial charge in [0.25, 0.3) is 0 Å². The van der Waals surface area contributed by atoms with Crippen molar-refractivity contribution in [2.45, 2.75) is 4.90 Å². The molecule has 46 valence electrons. The zero-order valence-corrected chi connectivity index (χ0v) is 5.95. The second kappa shape index (κ2) is 3.57. The summed E-state index contributed by atoms with van der Waals surface area (Å²) in [5.41, 5.74) is 0. The van der Waals surface area contributed by atoms with Crippen LogP contribution in [0.2, 0.25) is 0 Å². The number of thioether (sulfide) groups is 1. The molecule has 1 heteroatoms. The lowest BCUT2D eigenvalue weighted by molar-refractivity contribution is 1.44. The molecule has 0 N–H and O–H groups in total. The molecule has 1 aromatic rings. The molecular formula is C8H8S. The average molecular weight is 136 g/mol. The quantitative estimate of drug-likeness (QED) is 0.563. The normalized spacial score (nSPS) is 9.44. The predicted octanol–water partition coefficient (Wildman–Crippen LogP) is 2.41. The lowest BCUT2D eigenvalue weighted by Gasteiger charge is -1.92. The van der Waals surface area contributed by atoms with E-state index < -0.39 is 0 Å². The lowest BCUT2D eigenvalue weighted by Crippen LogP contribution is -1.69. The van der Waals surface area contributed by atoms with E-state index in [0.717, 1.165) is 5.75 Å². The molecule has 9 heavy (non-hydrogen) atoms. The summed E-state index contributed by atoms with van der Waals surface area (Å²) in [5.74, 6) is 0.876. The van der Waals surface area contributed by atoms with Crippen LogP contribution in [0, 0.1) is 13.0 Å². The molecule has 0 aromatic heterocycles. The van der Waals surface area contributed by atoms with Crippen LogP contribution in [-0.4, -0.2) is 5.75 Å². The maximum absolute atomic E-state index is 3.72. The first-order valence-corrected chi connectivity index (χ1v) is 3.81. The minimum absolute atomic E-state index is 0.876. The molecule has 0 unspecified atom stereocenters. The third-order valence-corrected chi connectivity index (χ3v) is 1.71. The summed E-state index contributed by atoms with van der Waals surface area (Å²) < 4.78 is 0. The Hall–Kier alpha value is -0.430. The van der Waals surface area contributed by atoms with Gasteiger partial charge in [-0.25, -0.2) is 0 Å². The van der Waals surface area contributed by atoms with Crippen LogP contribution in [0.15, 0.2) is 29.2 Å². The van der Waals surface area contributed by atoms with Gasteiger partial charge in [0.15, 0.2) is 0 Å². The Kier molecular flexibility index (Phi) is 2.65. The predicted molar refractivity (Wildman–Crippen MR) is 41.4 cm³/mol. The molecule has 0 aliphatic rings. The van der Waals surface area contributed by atoms with Crippen LogP contribution >= 0.6 is 11.8 Å². The summed E-state index contributed by atoms with van der Waals surface area (Å²) in [5, 5.41) is 0. The van der Waals surface area contributed by atoms with E-state index in [4.69, 9.17) is 0 Å². The summed E-state index contributed by atoms with van der Waals surface area (Å²) in [7, 11) is 0. The van der Waals surface area contributed by atoms with Crippen LogP contribution in [0.5, 0.6) is 0 Å². The zero-order valence-electron chi connectivity index (χ0n) is 5.13. The van der Waals surface area contributed by atoms with Gasteiger partial charge in [-0.05, 0) is 24.8 Å². The highest BCUT2D eigenvalue weighted by atomic mass is 32.2. The fourth-order valence-corrected chi connectivity index (χ4v) is 1.12. The van der Waals surface area contributed by atoms with Gasteiger partial charge in [0, 0.05) is 4.90 Å². The van der Waals surface area contributed by atoms with Gasteiger partial charge in [-0.15, -0.1) is 11.8 Å². The Balaban J connectivity index is 2.61. The molecule has 2 radical (unpaired) electrons. The van der Waals surface area contributed by atoms with E-state index in [9.17, 15) is 0 Å². The Morgan fingerprint density at radius 3 is 3.00 bits per heavy atom. The van der Waals surface area contributed by atoms with Crippen molar-refractivity contribution in [1.29, 1.82) is 0 Å². The largest absolute Gasteiger partial charge is 0.126 e. The molecule has 0 nitrogen and oxygen atoms in total. The maximum Gasteiger partial charge on any atom is 0.0151 e. The van der Waals surface area contributed by atoms with E-state index in [1.165, 1.54) is 4.90 Å². The van der Waals surface area contributed by atoms with Crippen LogP contribution in [-0.2, 0) is 0 Å². The Bertz CT molecular complexity index is 157. The SMILES string of the molecule is [CH2]CSc1[c]cccc1. The van der Waals surface area contributed by atoms with Gasteiger partial charge in [-0.2, -0.15) is 0 Å². The highest BCUT2D eigenvalue weighted by Gasteiger charge is 1.85. The van der Waals surface area contributed by atoms with Gasteiger partial charge in [0.2, 0.25) is 0 Å². The van der Waals surface area contributed by atoms with Crippen molar-refractivity contribution in [2.24, 2.45) is 0 Å². The third kappa shape index (κ3) is 2.10. The highest BCUT2D eigenvalue weighted by Crippen LogP contribution is 2.14. The summed E-state index contributed by atoms with van der Waals surface area (Å²) in [6, 6.07) is 11.0. The fourth-order valence-electron chi connectivity index (χ4n) is 0.577. The number of benzene rings is 1. The molecule has 1 rings (SSSR count). The average Bonchev–Trinajstić information content (AvgIpc) is 1.91. The van der Waals surface area contributed by atoms with E-state index >= 15 is 0 Å². The van der Waals surface area contributed by atoms with Crippen molar-refractivity contribution in [3.63, 3.8) is 0 Å². The molecule has 0 aliphatic carbocycles. The van der Waals surface area contributed by atoms with Gasteiger partial charge >= 0.3 is 0 Å². The maximum atomic E-state index is 3.72. The first-order valence-electron chi connectivity index (χ1n) is 2.82. The molecule has 0 saturated carbocycles. The van der Waals surface area contributed by atoms with Crippen molar-refractivity contribution in [3.05, 3.63) is 37.3 Å². The minimum Gasteiger partial charge on any atom is -0.126 e. The minimum atomic E-state index is 0.876. The summed E-state index contributed by atoms with van der Waals surface area (Å²) in [6.45, 7) is 3.72. The molecule has 0 spiro atoms. The van der Waals surface area contributed by atoms with Crippen LogP contribution in [0.25, 0.3) is 0 Å². The molecule has 0 heterocycles. The van der Waals surface area contributed by atoms with Crippen molar-refractivity contribution in [3.8, 4) is 0 Å². The first kappa shape index (κ1) is 6.69. The van der Waals surface area contributed by atoms with Crippen molar-refractivity contribution in [1.82, 2.24) is 0 Å². The van der Waals surface area contributed by atoms with Crippen LogP contribution in [0.1, 0.15) is 0 Å². The van der Waals surface area contributed by atoms with Crippen LogP contribution in [0.3, 0.4) is 0 Å². The monoisotopic (exact) mass is 136 g/mol. The van der Waals surface area contributed by atoms with Gasteiger partial charge in [0.05, 0.1) is 0 Å². The standard InChI is InChI=1S/C8H8S/c1-2-9-8-6-4-3-5-7-8/h3-6H,1-2H2. The first-order chi connectivity index (χ1) is 4.43. The second-order valence-corrected chi connectivity index (χ2v) is 2.71. The topological polar surface area (TPSA) is 0 Å². The van der Waals surface area contributed by atoms with Crippen LogP contribution in [0.4, 0.5) is 0 Å². The number of hydrogen-bond acceptors (Lipinski definition) is 1. The van der Waals surface area contributed by atoms with Crippen molar-refractivity contribution < 1.29 is 0 Å². The van der Waals surface area contributed by atoms with E-state index in [2.05, 4.69) is 13.0 Å². The molecule has 0 aliphatic heterocycles. The third-order valence-electron chi connectivity index (χ3n) is 0.938. The number of hydrogen-bond donors (Lipinski definition) is 0. The van der Waals surface area contributed by atoms with E-state index in [0.29, 0.717) is 0 Å². The Morgan fingerprint density at radius 1 is 1.56 bits per heavy atom. The molecule has 0 saturated heterocycles. The zero-order chi connectivity index (χ0) is 6.53. The van der Waals surface area contributed by atoms with E-state index in [1.54, 1.807) is 11.8 Å². The molecule has 0 atom stereocenters. The summed E-state index contributed by atoms with van der Waals surface area (Å²) in [6.07, 6.45) is 0. The van der Waals surface area contributed by atoms with Crippen molar-refractivity contribution >= 4 is 11.8 Å². The second-order valence-electron chi connectivity index (χ2n) is 1.58. The van der Waals surface area contributed by atoms with Gasteiger partial charge in [-0.1, -0.05) is 18.2 Å². The molecule has 0 amide bonds. The Labute approximate surface area is 60.3 Å². The lowest BCUT2D eigenvalue weighted by atomic mass is 10.4. The Morgan fingerprint density at radius 2 is 2.44 bits per heavy atom. The van der Waals surface area contributed by atoms with E-state index in [1.807, 2.05) is 24.3 Å². The summed E-state index contributed by atoms with van der Waals surface area (Å²) >= 11 is 1.71. The van der Waals surface area contributed by atoms with Gasteiger partial charge in [0.1, 0.15) is 0 Å². The van der Waals surface area contributed by atoms with Gasteiger partial charge in [-0.3, -0.25) is 0 Å². The highest BCUT2D eigenvalue weighted by molar-refractivity contribution is 7.99. The molecule has 1 aromatic carbocycles. The number of rotatable bonds is 2. The van der Waals surface area contributed by atoms with E-state index in [-0.39, 0.29) is 0 Å². The molecular weight excluding hydrogens is 128 g/mol. The van der Waals surface area contributed by atoms with Gasteiger partial charge < -0.3 is 0 Å². The molecule has 0 bridgehead atoms. The fraction of sp³-hybridized carbons (Fsp3) is 0.125. The smallest absolute Gasteiger partial charge is 0.0151 e. The van der Waals surface area contributed by atoms with Crippen LogP contribution < -0.4 is 0 Å². The summed E-state index contributed by atoms with van der Waals surface area (Å²) in [4.78, 5) is 1.17. The molecule has 0 fully saturated rings. The van der Waals surface area contributed by atoms with Crippen molar-refractivity contribution in [2.75, 3.05) is 5.75 Å².